The molecule has 0 aliphatic carbocycles. The van der Waals surface area contributed by atoms with Gasteiger partial charge in [0.05, 0.1) is 16.6 Å². The van der Waals surface area contributed by atoms with Crippen LogP contribution in [0.15, 0.2) is 162 Å². The first-order valence-electron chi connectivity index (χ1n) is 16.9. The van der Waals surface area contributed by atoms with Crippen LogP contribution in [0.5, 0.6) is 0 Å². The molecule has 4 aromatic heterocycles. The normalized spacial score (nSPS) is 11.9. The Hall–Kier alpha value is -6.63. The van der Waals surface area contributed by atoms with Crippen LogP contribution in [0, 0.1) is 0 Å². The van der Waals surface area contributed by atoms with E-state index < -0.39 is 0 Å². The molecule has 5 nitrogen and oxygen atoms in total. The molecule has 11 rings (SSSR count). The molecule has 0 bridgehead atoms. The largest absolute Gasteiger partial charge is 0.455 e. The lowest BCUT2D eigenvalue weighted by atomic mass is 10.1. The molecular formula is C45H26N4OS. The van der Waals surface area contributed by atoms with Crippen molar-refractivity contribution in [2.75, 3.05) is 0 Å². The maximum Gasteiger partial charge on any atom is 0.167 e. The highest BCUT2D eigenvalue weighted by molar-refractivity contribution is 7.25. The Morgan fingerprint density at radius 1 is 0.431 bits per heavy atom. The van der Waals surface area contributed by atoms with Crippen LogP contribution in [0.3, 0.4) is 0 Å². The standard InChI is InChI=1S/C45H26N4OS/c1-3-12-27(13-4-1)43-46-44(28-22-23-32-31-17-8-10-21-40(31)51-41(32)24-28)48-45(47-43)34-19-11-18-33-36-25-38-35(26-39(36)50-42(33)34)30-16-7-9-20-37(30)49(38)29-14-5-2-6-15-29/h1-26H. The zero-order valence-corrected chi connectivity index (χ0v) is 27.9. The monoisotopic (exact) mass is 670 g/mol. The van der Waals surface area contributed by atoms with Gasteiger partial charge in [-0.1, -0.05) is 109 Å². The van der Waals surface area contributed by atoms with E-state index in [9.17, 15) is 0 Å². The smallest absolute Gasteiger partial charge is 0.167 e. The minimum atomic E-state index is 0.573. The number of rotatable bonds is 4. The summed E-state index contributed by atoms with van der Waals surface area (Å²) in [7, 11) is 0. The number of para-hydroxylation sites is 3. The van der Waals surface area contributed by atoms with Crippen LogP contribution in [0.25, 0.3) is 104 Å². The molecule has 0 fully saturated rings. The second-order valence-electron chi connectivity index (χ2n) is 12.8. The van der Waals surface area contributed by atoms with Crippen LogP contribution in [0.2, 0.25) is 0 Å². The number of fused-ring (bicyclic) bond motifs is 9. The number of nitrogens with zero attached hydrogens (tertiary/aromatic N) is 4. The zero-order valence-electron chi connectivity index (χ0n) is 27.1. The van der Waals surface area contributed by atoms with Gasteiger partial charge in [-0.3, -0.25) is 0 Å². The molecule has 0 aliphatic rings. The lowest BCUT2D eigenvalue weighted by molar-refractivity contribution is 0.670. The number of hydrogen-bond donors (Lipinski definition) is 0. The highest BCUT2D eigenvalue weighted by atomic mass is 32.1. The van der Waals surface area contributed by atoms with Gasteiger partial charge in [-0.15, -0.1) is 11.3 Å². The van der Waals surface area contributed by atoms with Crippen molar-refractivity contribution in [3.05, 3.63) is 158 Å². The first-order chi connectivity index (χ1) is 25.3. The SMILES string of the molecule is c1ccc(-c2nc(-c3ccc4c(c3)sc3ccccc34)nc(-c3cccc4c3oc3cc5c6ccccc6n(-c6ccccc6)c5cc34)n2)cc1. The molecule has 7 aromatic carbocycles. The lowest BCUT2D eigenvalue weighted by Gasteiger charge is -2.09. The van der Waals surface area contributed by atoms with Crippen LogP contribution in [-0.4, -0.2) is 19.5 Å². The van der Waals surface area contributed by atoms with E-state index >= 15 is 0 Å². The van der Waals surface area contributed by atoms with Crippen LogP contribution < -0.4 is 0 Å². The maximum atomic E-state index is 6.78. The van der Waals surface area contributed by atoms with Gasteiger partial charge in [0.1, 0.15) is 11.2 Å². The quantitative estimate of drug-likeness (QED) is 0.187. The predicted molar refractivity (Wildman–Crippen MR) is 211 cm³/mol. The van der Waals surface area contributed by atoms with Crippen molar-refractivity contribution in [3.63, 3.8) is 0 Å². The van der Waals surface area contributed by atoms with Crippen LogP contribution >= 0.6 is 11.3 Å². The summed E-state index contributed by atoms with van der Waals surface area (Å²) in [6.07, 6.45) is 0. The summed E-state index contributed by atoms with van der Waals surface area (Å²) in [5.41, 5.74) is 7.70. The van der Waals surface area contributed by atoms with Crippen LogP contribution in [-0.2, 0) is 0 Å². The predicted octanol–water partition coefficient (Wildman–Crippen LogP) is 12.2. The minimum absolute atomic E-state index is 0.573. The van der Waals surface area contributed by atoms with Gasteiger partial charge in [0.25, 0.3) is 0 Å². The molecule has 238 valence electrons. The Bertz CT molecular complexity index is 3140. The summed E-state index contributed by atoms with van der Waals surface area (Å²) in [5.74, 6) is 1.82. The van der Waals surface area contributed by atoms with Crippen LogP contribution in [0.4, 0.5) is 0 Å². The molecule has 0 saturated carbocycles. The van der Waals surface area contributed by atoms with Crippen molar-refractivity contribution in [3.8, 4) is 39.9 Å². The van der Waals surface area contributed by atoms with E-state index in [1.807, 2.05) is 36.4 Å². The summed E-state index contributed by atoms with van der Waals surface area (Å²) >= 11 is 1.79. The summed E-state index contributed by atoms with van der Waals surface area (Å²) in [5, 5.41) is 6.90. The Balaban J connectivity index is 1.14. The average Bonchev–Trinajstić information content (AvgIpc) is 3.86. The molecule has 0 radical (unpaired) electrons. The third kappa shape index (κ3) is 4.37. The number of furan rings is 1. The van der Waals surface area contributed by atoms with Gasteiger partial charge < -0.3 is 8.98 Å². The van der Waals surface area contributed by atoms with Gasteiger partial charge in [-0.05, 0) is 48.5 Å². The summed E-state index contributed by atoms with van der Waals surface area (Å²) in [6.45, 7) is 0. The summed E-state index contributed by atoms with van der Waals surface area (Å²) < 4.78 is 11.6. The second kappa shape index (κ2) is 10.9. The number of aromatic nitrogens is 4. The Morgan fingerprint density at radius 3 is 1.98 bits per heavy atom. The minimum Gasteiger partial charge on any atom is -0.455 e. The molecule has 6 heteroatoms. The lowest BCUT2D eigenvalue weighted by Crippen LogP contribution is -2.00. The highest BCUT2D eigenvalue weighted by Crippen LogP contribution is 2.41. The number of hydrogen-bond acceptors (Lipinski definition) is 5. The van der Waals surface area contributed by atoms with Gasteiger partial charge >= 0.3 is 0 Å². The topological polar surface area (TPSA) is 56.7 Å². The fourth-order valence-corrected chi connectivity index (χ4v) is 8.64. The molecule has 0 atom stereocenters. The molecule has 0 unspecified atom stereocenters. The van der Waals surface area contributed by atoms with E-state index in [1.165, 1.54) is 25.6 Å². The van der Waals surface area contributed by atoms with Gasteiger partial charge in [-0.25, -0.2) is 15.0 Å². The van der Waals surface area contributed by atoms with Crippen molar-refractivity contribution in [2.24, 2.45) is 0 Å². The molecule has 0 amide bonds. The highest BCUT2D eigenvalue weighted by Gasteiger charge is 2.20. The first-order valence-corrected chi connectivity index (χ1v) is 17.8. The molecule has 0 N–H and O–H groups in total. The molecular weight excluding hydrogens is 645 g/mol. The first kappa shape index (κ1) is 28.2. The van der Waals surface area contributed by atoms with E-state index in [0.29, 0.717) is 17.5 Å². The van der Waals surface area contributed by atoms with E-state index in [2.05, 4.69) is 126 Å². The maximum absolute atomic E-state index is 6.78. The van der Waals surface area contributed by atoms with Crippen molar-refractivity contribution in [1.29, 1.82) is 0 Å². The fourth-order valence-electron chi connectivity index (χ4n) is 7.50. The third-order valence-electron chi connectivity index (χ3n) is 9.85. The fraction of sp³-hybridized carbons (Fsp3) is 0. The van der Waals surface area contributed by atoms with E-state index in [0.717, 1.165) is 60.7 Å². The molecule has 11 aromatic rings. The number of benzene rings is 7. The molecule has 0 aliphatic heterocycles. The molecule has 4 heterocycles. The Labute approximate surface area is 295 Å². The summed E-state index contributed by atoms with van der Waals surface area (Å²) in [6, 6.07) is 54.9. The number of thiophene rings is 1. The van der Waals surface area contributed by atoms with E-state index in [-0.39, 0.29) is 0 Å². The van der Waals surface area contributed by atoms with Crippen molar-refractivity contribution in [1.82, 2.24) is 19.5 Å². The van der Waals surface area contributed by atoms with Crippen molar-refractivity contribution in [2.45, 2.75) is 0 Å². The van der Waals surface area contributed by atoms with Gasteiger partial charge in [0.2, 0.25) is 0 Å². The van der Waals surface area contributed by atoms with Gasteiger partial charge in [-0.2, -0.15) is 0 Å². The van der Waals surface area contributed by atoms with Gasteiger partial charge in [0, 0.05) is 58.5 Å². The van der Waals surface area contributed by atoms with Crippen molar-refractivity contribution < 1.29 is 4.42 Å². The van der Waals surface area contributed by atoms with Crippen molar-refractivity contribution >= 4 is 75.3 Å². The average molecular weight is 671 g/mol. The second-order valence-corrected chi connectivity index (χ2v) is 13.9. The van der Waals surface area contributed by atoms with Crippen LogP contribution in [0.1, 0.15) is 0 Å². The van der Waals surface area contributed by atoms with Gasteiger partial charge in [0.15, 0.2) is 17.5 Å². The Kier molecular flexibility index (Phi) is 6.05. The Morgan fingerprint density at radius 2 is 1.12 bits per heavy atom. The zero-order chi connectivity index (χ0) is 33.5. The van der Waals surface area contributed by atoms with E-state index in [1.54, 1.807) is 11.3 Å². The summed E-state index contributed by atoms with van der Waals surface area (Å²) in [4.78, 5) is 15.2. The molecule has 51 heavy (non-hydrogen) atoms. The van der Waals surface area contributed by atoms with E-state index in [4.69, 9.17) is 19.4 Å². The third-order valence-corrected chi connectivity index (χ3v) is 11.0. The molecule has 0 spiro atoms. The molecule has 0 saturated heterocycles.